The summed E-state index contributed by atoms with van der Waals surface area (Å²) in [5, 5.41) is 0.638. The Balaban J connectivity index is 1.98. The van der Waals surface area contributed by atoms with Gasteiger partial charge >= 0.3 is 5.69 Å². The standard InChI is InChI=1S/C18H18ClN5O3/c1-11(25)10-24-16(26)14-15(21(2)18(24)27)20-17-22(8-3-9-23(14)17)13-6-4-12(19)5-7-13/h4-7H,3,8-10H2,1-2H3. The first-order chi connectivity index (χ1) is 12.9. The number of ketones is 1. The molecule has 4 rings (SSSR count). The van der Waals surface area contributed by atoms with E-state index in [0.717, 1.165) is 23.2 Å². The number of aryl methyl sites for hydroxylation is 2. The van der Waals surface area contributed by atoms with Crippen molar-refractivity contribution in [3.63, 3.8) is 0 Å². The Morgan fingerprint density at radius 1 is 1.19 bits per heavy atom. The second-order valence-corrected chi connectivity index (χ2v) is 7.09. The highest BCUT2D eigenvalue weighted by molar-refractivity contribution is 6.30. The van der Waals surface area contributed by atoms with Gasteiger partial charge in [0.1, 0.15) is 5.78 Å². The molecular weight excluding hydrogens is 370 g/mol. The fourth-order valence-corrected chi connectivity index (χ4v) is 3.62. The SMILES string of the molecule is CC(=O)Cn1c(=O)c2c(nc3n2CCCN3c2ccc(Cl)cc2)n(C)c1=O. The molecule has 1 aromatic carbocycles. The number of halogens is 1. The molecule has 27 heavy (non-hydrogen) atoms. The molecule has 0 amide bonds. The topological polar surface area (TPSA) is 82.1 Å². The Kier molecular flexibility index (Phi) is 4.15. The lowest BCUT2D eigenvalue weighted by molar-refractivity contribution is -0.117. The quantitative estimate of drug-likeness (QED) is 0.683. The molecule has 0 spiro atoms. The summed E-state index contributed by atoms with van der Waals surface area (Å²) in [5.74, 6) is 0.348. The Labute approximate surface area is 159 Å². The zero-order valence-corrected chi connectivity index (χ0v) is 15.7. The third-order valence-corrected chi connectivity index (χ3v) is 4.99. The molecule has 0 fully saturated rings. The Bertz CT molecular complexity index is 1170. The minimum absolute atomic E-state index is 0.247. The van der Waals surface area contributed by atoms with Gasteiger partial charge in [-0.25, -0.2) is 4.79 Å². The molecule has 0 radical (unpaired) electrons. The summed E-state index contributed by atoms with van der Waals surface area (Å²) >= 11 is 5.98. The van der Waals surface area contributed by atoms with E-state index in [2.05, 4.69) is 4.98 Å². The maximum absolute atomic E-state index is 13.0. The average molecular weight is 388 g/mol. The van der Waals surface area contributed by atoms with Gasteiger partial charge < -0.3 is 9.47 Å². The van der Waals surface area contributed by atoms with Gasteiger partial charge in [0.2, 0.25) is 5.95 Å². The molecule has 2 aromatic heterocycles. The Morgan fingerprint density at radius 3 is 2.56 bits per heavy atom. The molecular formula is C18H18ClN5O3. The van der Waals surface area contributed by atoms with Crippen LogP contribution in [0.1, 0.15) is 13.3 Å². The fourth-order valence-electron chi connectivity index (χ4n) is 3.49. The third-order valence-electron chi connectivity index (χ3n) is 4.74. The molecule has 1 aliphatic heterocycles. The maximum Gasteiger partial charge on any atom is 0.332 e. The fraction of sp³-hybridized carbons (Fsp3) is 0.333. The number of anilines is 2. The summed E-state index contributed by atoms with van der Waals surface area (Å²) in [4.78, 5) is 43.6. The molecule has 9 heteroatoms. The highest BCUT2D eigenvalue weighted by Crippen LogP contribution is 2.31. The first kappa shape index (κ1) is 17.5. The number of carbonyl (C=O) groups is 1. The number of fused-ring (bicyclic) bond motifs is 3. The zero-order valence-electron chi connectivity index (χ0n) is 15.0. The predicted molar refractivity (Wildman–Crippen MR) is 103 cm³/mol. The van der Waals surface area contributed by atoms with Crippen LogP contribution in [0, 0.1) is 0 Å². The van der Waals surface area contributed by atoms with Gasteiger partial charge in [-0.05, 0) is 37.6 Å². The number of hydrogen-bond acceptors (Lipinski definition) is 5. The van der Waals surface area contributed by atoms with Crippen LogP contribution < -0.4 is 16.1 Å². The predicted octanol–water partition coefficient (Wildman–Crippen LogP) is 1.68. The second kappa shape index (κ2) is 6.38. The normalized spacial score (nSPS) is 13.8. The van der Waals surface area contributed by atoms with Crippen LogP contribution in [0.4, 0.5) is 11.6 Å². The summed E-state index contributed by atoms with van der Waals surface area (Å²) in [6.07, 6.45) is 0.816. The van der Waals surface area contributed by atoms with E-state index >= 15 is 0 Å². The lowest BCUT2D eigenvalue weighted by Crippen LogP contribution is -2.41. The summed E-state index contributed by atoms with van der Waals surface area (Å²) in [6.45, 7) is 2.46. The number of carbonyl (C=O) groups excluding carboxylic acids is 1. The minimum Gasteiger partial charge on any atom is -0.312 e. The van der Waals surface area contributed by atoms with Gasteiger partial charge in [-0.15, -0.1) is 0 Å². The van der Waals surface area contributed by atoms with Crippen molar-refractivity contribution >= 4 is 40.2 Å². The van der Waals surface area contributed by atoms with Crippen molar-refractivity contribution in [1.29, 1.82) is 0 Å². The van der Waals surface area contributed by atoms with Crippen LogP contribution in [0.3, 0.4) is 0 Å². The highest BCUT2D eigenvalue weighted by atomic mass is 35.5. The molecule has 0 unspecified atom stereocenters. The van der Waals surface area contributed by atoms with Crippen LogP contribution >= 0.6 is 11.6 Å². The molecule has 0 aliphatic carbocycles. The van der Waals surface area contributed by atoms with Crippen LogP contribution in [-0.4, -0.2) is 31.0 Å². The van der Waals surface area contributed by atoms with Crippen molar-refractivity contribution < 1.29 is 4.79 Å². The van der Waals surface area contributed by atoms with Crippen LogP contribution in [0.5, 0.6) is 0 Å². The zero-order chi connectivity index (χ0) is 19.3. The van der Waals surface area contributed by atoms with E-state index in [4.69, 9.17) is 11.6 Å². The minimum atomic E-state index is -0.545. The van der Waals surface area contributed by atoms with Crippen molar-refractivity contribution in [1.82, 2.24) is 18.7 Å². The second-order valence-electron chi connectivity index (χ2n) is 6.65. The van der Waals surface area contributed by atoms with E-state index in [0.29, 0.717) is 28.7 Å². The van der Waals surface area contributed by atoms with Crippen LogP contribution in [0.2, 0.25) is 5.02 Å². The van der Waals surface area contributed by atoms with E-state index in [1.165, 1.54) is 11.5 Å². The average Bonchev–Trinajstić information content (AvgIpc) is 3.04. The molecule has 0 bridgehead atoms. The number of nitrogens with zero attached hydrogens (tertiary/aromatic N) is 5. The number of Topliss-reactive ketones (excluding diaryl/α,β-unsaturated/α-hetero) is 1. The summed E-state index contributed by atoms with van der Waals surface area (Å²) in [5.41, 5.74) is 0.536. The number of hydrogen-bond donors (Lipinski definition) is 0. The third kappa shape index (κ3) is 2.76. The van der Waals surface area contributed by atoms with Crippen molar-refractivity contribution in [2.45, 2.75) is 26.4 Å². The van der Waals surface area contributed by atoms with E-state index in [-0.39, 0.29) is 12.3 Å². The molecule has 140 valence electrons. The van der Waals surface area contributed by atoms with Crippen molar-refractivity contribution in [3.05, 3.63) is 50.1 Å². The van der Waals surface area contributed by atoms with Crippen LogP contribution in [0.15, 0.2) is 33.9 Å². The Morgan fingerprint density at radius 2 is 1.89 bits per heavy atom. The molecule has 3 aromatic rings. The number of aromatic nitrogens is 4. The molecule has 8 nitrogen and oxygen atoms in total. The first-order valence-electron chi connectivity index (χ1n) is 8.61. The first-order valence-corrected chi connectivity index (χ1v) is 8.99. The van der Waals surface area contributed by atoms with Gasteiger partial charge in [0.25, 0.3) is 5.56 Å². The van der Waals surface area contributed by atoms with Crippen LogP contribution in [-0.2, 0) is 24.9 Å². The Hall–Kier alpha value is -2.87. The summed E-state index contributed by atoms with van der Waals surface area (Å²) in [7, 11) is 1.56. The molecule has 0 saturated carbocycles. The molecule has 0 saturated heterocycles. The lowest BCUT2D eigenvalue weighted by atomic mass is 10.2. The molecule has 0 atom stereocenters. The van der Waals surface area contributed by atoms with Gasteiger partial charge in [-0.2, -0.15) is 4.98 Å². The summed E-state index contributed by atoms with van der Waals surface area (Å²) in [6, 6.07) is 7.39. The largest absolute Gasteiger partial charge is 0.332 e. The lowest BCUT2D eigenvalue weighted by Gasteiger charge is -2.29. The van der Waals surface area contributed by atoms with Gasteiger partial charge in [-0.1, -0.05) is 11.6 Å². The van der Waals surface area contributed by atoms with E-state index in [1.54, 1.807) is 19.2 Å². The van der Waals surface area contributed by atoms with E-state index < -0.39 is 11.2 Å². The van der Waals surface area contributed by atoms with Gasteiger partial charge in [0, 0.05) is 30.8 Å². The van der Waals surface area contributed by atoms with E-state index in [1.807, 2.05) is 21.6 Å². The van der Waals surface area contributed by atoms with Crippen LogP contribution in [0.25, 0.3) is 11.2 Å². The van der Waals surface area contributed by atoms with E-state index in [9.17, 15) is 14.4 Å². The van der Waals surface area contributed by atoms with Gasteiger partial charge in [-0.3, -0.25) is 18.7 Å². The number of rotatable bonds is 3. The number of benzene rings is 1. The maximum atomic E-state index is 13.0. The van der Waals surface area contributed by atoms with Gasteiger partial charge in [0.05, 0.1) is 6.54 Å². The number of imidazole rings is 1. The van der Waals surface area contributed by atoms with Crippen molar-refractivity contribution in [3.8, 4) is 0 Å². The van der Waals surface area contributed by atoms with Crippen molar-refractivity contribution in [2.75, 3.05) is 11.4 Å². The smallest absolute Gasteiger partial charge is 0.312 e. The monoisotopic (exact) mass is 387 g/mol. The molecule has 0 N–H and O–H groups in total. The highest BCUT2D eigenvalue weighted by Gasteiger charge is 2.27. The molecule has 3 heterocycles. The van der Waals surface area contributed by atoms with Crippen molar-refractivity contribution in [2.24, 2.45) is 7.05 Å². The summed E-state index contributed by atoms with van der Waals surface area (Å²) < 4.78 is 4.12. The molecule has 1 aliphatic rings. The van der Waals surface area contributed by atoms with Gasteiger partial charge in [0.15, 0.2) is 11.2 Å².